The number of rotatable bonds is 1. The molecule has 6 nitrogen and oxygen atoms in total. The van der Waals surface area contributed by atoms with Crippen LogP contribution in [0.5, 0.6) is 0 Å². The zero-order valence-corrected chi connectivity index (χ0v) is 11.1. The number of anilines is 1. The Hall–Kier alpha value is -2.71. The minimum atomic E-state index is -4.50. The van der Waals surface area contributed by atoms with E-state index in [2.05, 4.69) is 5.10 Å². The van der Waals surface area contributed by atoms with Crippen molar-refractivity contribution in [2.75, 3.05) is 18.9 Å². The van der Waals surface area contributed by atoms with Gasteiger partial charge >= 0.3 is 12.1 Å². The van der Waals surface area contributed by atoms with E-state index in [1.165, 1.54) is 0 Å². The number of hydrogen-bond donors (Lipinski definition) is 1. The van der Waals surface area contributed by atoms with Gasteiger partial charge in [-0.25, -0.2) is 0 Å². The third-order valence-electron chi connectivity index (χ3n) is 3.09. The van der Waals surface area contributed by atoms with Crippen molar-refractivity contribution in [3.63, 3.8) is 0 Å². The fraction of sp³-hybridized carbons (Fsp3) is 0.231. The van der Waals surface area contributed by atoms with Gasteiger partial charge in [0.25, 0.3) is 0 Å². The second kappa shape index (κ2) is 4.93. The number of hydrogen-bond acceptors (Lipinski definition) is 5. The van der Waals surface area contributed by atoms with Gasteiger partial charge in [0.15, 0.2) is 5.82 Å². The van der Waals surface area contributed by atoms with Crippen molar-refractivity contribution in [1.82, 2.24) is 9.78 Å². The molecule has 1 aliphatic heterocycles. The van der Waals surface area contributed by atoms with Crippen LogP contribution in [-0.4, -0.2) is 28.9 Å². The second-order valence-corrected chi connectivity index (χ2v) is 4.53. The van der Waals surface area contributed by atoms with E-state index in [0.29, 0.717) is 6.61 Å². The van der Waals surface area contributed by atoms with Crippen LogP contribution in [0.1, 0.15) is 10.4 Å². The largest absolute Gasteiger partial charge is 0.494 e. The highest BCUT2D eigenvalue weighted by Gasteiger charge is 2.31. The molecule has 2 aromatic rings. The minimum Gasteiger partial charge on any atom is -0.494 e. The second-order valence-electron chi connectivity index (χ2n) is 4.53. The SMILES string of the molecule is Nc1nn(C(=O)C2=COCCO2)c2ccc(C(F)(F)F)cc12. The van der Waals surface area contributed by atoms with Gasteiger partial charge in [0.1, 0.15) is 19.5 Å². The first kappa shape index (κ1) is 14.2. The van der Waals surface area contributed by atoms with E-state index >= 15 is 0 Å². The summed E-state index contributed by atoms with van der Waals surface area (Å²) in [5.41, 5.74) is 4.91. The summed E-state index contributed by atoms with van der Waals surface area (Å²) in [4.78, 5) is 12.3. The summed E-state index contributed by atoms with van der Waals surface area (Å²) in [6.07, 6.45) is -3.37. The number of nitrogens with zero attached hydrogens (tertiary/aromatic N) is 2. The van der Waals surface area contributed by atoms with Crippen LogP contribution < -0.4 is 5.73 Å². The maximum absolute atomic E-state index is 12.7. The predicted octanol–water partition coefficient (Wildman–Crippen LogP) is 2.17. The Morgan fingerprint density at radius 3 is 2.73 bits per heavy atom. The van der Waals surface area contributed by atoms with Gasteiger partial charge in [0.2, 0.25) is 5.76 Å². The number of fused-ring (bicyclic) bond motifs is 1. The molecule has 2 heterocycles. The molecule has 0 spiro atoms. The van der Waals surface area contributed by atoms with E-state index in [0.717, 1.165) is 29.1 Å². The molecule has 1 aliphatic rings. The highest BCUT2D eigenvalue weighted by Crippen LogP contribution is 2.33. The van der Waals surface area contributed by atoms with Crippen molar-refractivity contribution in [1.29, 1.82) is 0 Å². The van der Waals surface area contributed by atoms with E-state index < -0.39 is 17.6 Å². The molecule has 116 valence electrons. The third kappa shape index (κ3) is 2.34. The van der Waals surface area contributed by atoms with Gasteiger partial charge in [-0.3, -0.25) is 4.79 Å². The molecule has 0 fully saturated rings. The zero-order valence-electron chi connectivity index (χ0n) is 11.1. The Balaban J connectivity index is 2.08. The molecule has 0 saturated heterocycles. The fourth-order valence-electron chi connectivity index (χ4n) is 2.06. The van der Waals surface area contributed by atoms with Gasteiger partial charge in [0, 0.05) is 5.39 Å². The van der Waals surface area contributed by atoms with Gasteiger partial charge in [-0.05, 0) is 18.2 Å². The summed E-state index contributed by atoms with van der Waals surface area (Å²) in [5.74, 6) is -0.927. The summed E-state index contributed by atoms with van der Waals surface area (Å²) < 4.78 is 49.2. The smallest absolute Gasteiger partial charge is 0.416 e. The molecule has 0 unspecified atom stereocenters. The summed E-state index contributed by atoms with van der Waals surface area (Å²) in [6, 6.07) is 2.86. The van der Waals surface area contributed by atoms with Crippen LogP contribution in [0.3, 0.4) is 0 Å². The van der Waals surface area contributed by atoms with Crippen molar-refractivity contribution in [3.8, 4) is 0 Å². The molecule has 0 atom stereocenters. The number of benzene rings is 1. The molecule has 0 aliphatic carbocycles. The lowest BCUT2D eigenvalue weighted by molar-refractivity contribution is -0.137. The van der Waals surface area contributed by atoms with E-state index in [-0.39, 0.29) is 29.1 Å². The maximum Gasteiger partial charge on any atom is 0.416 e. The standard InChI is InChI=1S/C13H10F3N3O3/c14-13(15,16)7-1-2-9-8(5-7)11(17)18-19(9)12(20)10-6-21-3-4-22-10/h1-2,5-6H,3-4H2,(H2,17,18). The van der Waals surface area contributed by atoms with Crippen LogP contribution in [0.25, 0.3) is 10.9 Å². The highest BCUT2D eigenvalue weighted by molar-refractivity contribution is 6.02. The lowest BCUT2D eigenvalue weighted by Crippen LogP contribution is -2.21. The first-order valence-electron chi connectivity index (χ1n) is 6.22. The average Bonchev–Trinajstić information content (AvgIpc) is 2.83. The molecule has 2 N–H and O–H groups in total. The topological polar surface area (TPSA) is 79.4 Å². The lowest BCUT2D eigenvalue weighted by Gasteiger charge is -2.14. The summed E-state index contributed by atoms with van der Waals surface area (Å²) in [6.45, 7) is 0.512. The van der Waals surface area contributed by atoms with Crippen LogP contribution in [0.4, 0.5) is 19.0 Å². The Kier molecular flexibility index (Phi) is 3.19. The number of nitrogen functional groups attached to an aromatic ring is 1. The first-order valence-corrected chi connectivity index (χ1v) is 6.22. The molecule has 0 saturated carbocycles. The number of carbonyl (C=O) groups excluding carboxylic acids is 1. The lowest BCUT2D eigenvalue weighted by atomic mass is 10.1. The van der Waals surface area contributed by atoms with Crippen LogP contribution in [0, 0.1) is 0 Å². The third-order valence-corrected chi connectivity index (χ3v) is 3.09. The van der Waals surface area contributed by atoms with Gasteiger partial charge in [-0.2, -0.15) is 17.9 Å². The normalized spacial score (nSPS) is 15.1. The molecule has 9 heteroatoms. The Morgan fingerprint density at radius 2 is 2.09 bits per heavy atom. The fourth-order valence-corrected chi connectivity index (χ4v) is 2.06. The first-order chi connectivity index (χ1) is 10.4. The minimum absolute atomic E-state index is 0.0421. The molecule has 3 rings (SSSR count). The molecule has 0 radical (unpaired) electrons. The predicted molar refractivity (Wildman–Crippen MR) is 69.8 cm³/mol. The number of allylic oxidation sites excluding steroid dienone is 1. The van der Waals surface area contributed by atoms with Gasteiger partial charge in [-0.1, -0.05) is 0 Å². The summed E-state index contributed by atoms with van der Waals surface area (Å²) >= 11 is 0. The van der Waals surface area contributed by atoms with E-state index in [4.69, 9.17) is 15.2 Å². The average molecular weight is 313 g/mol. The van der Waals surface area contributed by atoms with Gasteiger partial charge in [0.05, 0.1) is 11.1 Å². The molecule has 0 bridgehead atoms. The van der Waals surface area contributed by atoms with Crippen LogP contribution >= 0.6 is 0 Å². The Bertz CT molecular complexity index is 780. The van der Waals surface area contributed by atoms with Crippen LogP contribution in [-0.2, 0) is 15.7 Å². The van der Waals surface area contributed by atoms with Gasteiger partial charge < -0.3 is 15.2 Å². The molecular weight excluding hydrogens is 303 g/mol. The number of ether oxygens (including phenoxy) is 2. The summed E-state index contributed by atoms with van der Waals surface area (Å²) in [7, 11) is 0. The number of alkyl halides is 3. The number of aromatic nitrogens is 2. The Labute approximate surface area is 121 Å². The summed E-state index contributed by atoms with van der Waals surface area (Å²) in [5, 5.41) is 3.83. The van der Waals surface area contributed by atoms with E-state index in [1.807, 2.05) is 0 Å². The van der Waals surface area contributed by atoms with Crippen LogP contribution in [0.2, 0.25) is 0 Å². The van der Waals surface area contributed by atoms with E-state index in [1.54, 1.807) is 0 Å². The van der Waals surface area contributed by atoms with Crippen molar-refractivity contribution < 1.29 is 27.4 Å². The molecule has 1 aromatic heterocycles. The van der Waals surface area contributed by atoms with Gasteiger partial charge in [-0.15, -0.1) is 5.10 Å². The molecular formula is C13H10F3N3O3. The van der Waals surface area contributed by atoms with E-state index in [9.17, 15) is 18.0 Å². The molecule has 1 aromatic carbocycles. The Morgan fingerprint density at radius 1 is 1.32 bits per heavy atom. The van der Waals surface area contributed by atoms with Crippen molar-refractivity contribution in [3.05, 3.63) is 35.8 Å². The van der Waals surface area contributed by atoms with Crippen LogP contribution in [0.15, 0.2) is 30.2 Å². The number of carbonyl (C=O) groups is 1. The van der Waals surface area contributed by atoms with Crippen molar-refractivity contribution >= 4 is 22.6 Å². The number of halogens is 3. The maximum atomic E-state index is 12.7. The zero-order chi connectivity index (χ0) is 15.9. The highest BCUT2D eigenvalue weighted by atomic mass is 19.4. The molecule has 22 heavy (non-hydrogen) atoms. The van der Waals surface area contributed by atoms with Crippen molar-refractivity contribution in [2.24, 2.45) is 0 Å². The number of nitrogens with two attached hydrogens (primary N) is 1. The monoisotopic (exact) mass is 313 g/mol. The van der Waals surface area contributed by atoms with Crippen molar-refractivity contribution in [2.45, 2.75) is 6.18 Å². The quantitative estimate of drug-likeness (QED) is 0.873. The molecule has 0 amide bonds.